The van der Waals surface area contributed by atoms with Crippen molar-refractivity contribution in [3.05, 3.63) is 40.5 Å². The standard InChI is InChI=1S/C21H23ClN2O3/c22-15-6-7-18-16(10-15)17(11-19(23-18)14-4-5-14)21(27)24-9-1-2-13(12-24)3-8-20(25)26/h6-7,10-11,13-14H,1-5,8-9,12H2,(H,25,26). The molecule has 2 aliphatic rings. The fourth-order valence-corrected chi connectivity index (χ4v) is 4.14. The van der Waals surface area contributed by atoms with Gasteiger partial charge in [-0.15, -0.1) is 0 Å². The molecule has 1 aromatic carbocycles. The number of fused-ring (bicyclic) bond motifs is 1. The number of carboxylic acids is 1. The lowest BCUT2D eigenvalue weighted by Gasteiger charge is -2.33. The van der Waals surface area contributed by atoms with Crippen LogP contribution in [0.1, 0.15) is 60.5 Å². The first-order valence-electron chi connectivity index (χ1n) is 9.62. The normalized spacial score (nSPS) is 20.0. The molecule has 1 saturated heterocycles. The molecule has 1 N–H and O–H groups in total. The Morgan fingerprint density at radius 1 is 1.22 bits per heavy atom. The van der Waals surface area contributed by atoms with Gasteiger partial charge in [-0.2, -0.15) is 0 Å². The SMILES string of the molecule is O=C(O)CCC1CCCN(C(=O)c2cc(C3CC3)nc3ccc(Cl)cc23)C1. The highest BCUT2D eigenvalue weighted by molar-refractivity contribution is 6.31. The van der Waals surface area contributed by atoms with Gasteiger partial charge in [0, 0.05) is 41.5 Å². The van der Waals surface area contributed by atoms with Crippen LogP contribution in [0.3, 0.4) is 0 Å². The molecule has 27 heavy (non-hydrogen) atoms. The van der Waals surface area contributed by atoms with Gasteiger partial charge in [0.1, 0.15) is 0 Å². The van der Waals surface area contributed by atoms with E-state index < -0.39 is 5.97 Å². The minimum absolute atomic E-state index is 0.00610. The molecule has 2 fully saturated rings. The number of carbonyl (C=O) groups is 2. The third kappa shape index (κ3) is 4.08. The van der Waals surface area contributed by atoms with Gasteiger partial charge in [0.2, 0.25) is 0 Å². The Morgan fingerprint density at radius 2 is 2.04 bits per heavy atom. The smallest absolute Gasteiger partial charge is 0.303 e. The van der Waals surface area contributed by atoms with Crippen molar-refractivity contribution >= 4 is 34.4 Å². The van der Waals surface area contributed by atoms with Crippen molar-refractivity contribution in [3.8, 4) is 0 Å². The fourth-order valence-electron chi connectivity index (χ4n) is 3.97. The highest BCUT2D eigenvalue weighted by Crippen LogP contribution is 2.40. The Labute approximate surface area is 163 Å². The Morgan fingerprint density at radius 3 is 2.78 bits per heavy atom. The molecule has 1 unspecified atom stereocenters. The minimum Gasteiger partial charge on any atom is -0.481 e. The number of amides is 1. The third-order valence-corrected chi connectivity index (χ3v) is 5.82. The van der Waals surface area contributed by atoms with E-state index in [0.29, 0.717) is 36.0 Å². The van der Waals surface area contributed by atoms with Crippen LogP contribution in [0.4, 0.5) is 0 Å². The van der Waals surface area contributed by atoms with E-state index in [4.69, 9.17) is 21.7 Å². The highest BCUT2D eigenvalue weighted by Gasteiger charge is 2.30. The number of carbonyl (C=O) groups excluding carboxylic acids is 1. The largest absolute Gasteiger partial charge is 0.481 e. The second-order valence-electron chi connectivity index (χ2n) is 7.72. The van der Waals surface area contributed by atoms with E-state index in [2.05, 4.69) is 0 Å². The molecule has 0 spiro atoms. The van der Waals surface area contributed by atoms with Crippen LogP contribution in [0.2, 0.25) is 5.02 Å². The fraction of sp³-hybridized carbons (Fsp3) is 0.476. The van der Waals surface area contributed by atoms with Crippen LogP contribution in [-0.2, 0) is 4.79 Å². The van der Waals surface area contributed by atoms with Gasteiger partial charge in [-0.3, -0.25) is 14.6 Å². The molecule has 142 valence electrons. The molecule has 2 heterocycles. The summed E-state index contributed by atoms with van der Waals surface area (Å²) in [5, 5.41) is 10.3. The van der Waals surface area contributed by atoms with E-state index in [1.54, 1.807) is 0 Å². The Hall–Kier alpha value is -2.14. The predicted octanol–water partition coefficient (Wildman–Crippen LogP) is 4.48. The second kappa shape index (κ2) is 7.47. The zero-order valence-corrected chi connectivity index (χ0v) is 15.9. The van der Waals surface area contributed by atoms with E-state index in [1.807, 2.05) is 29.2 Å². The van der Waals surface area contributed by atoms with Crippen molar-refractivity contribution in [2.45, 2.75) is 44.4 Å². The molecule has 0 radical (unpaired) electrons. The number of carboxylic acid groups (broad SMARTS) is 1. The zero-order valence-electron chi connectivity index (χ0n) is 15.2. The van der Waals surface area contributed by atoms with Crippen LogP contribution < -0.4 is 0 Å². The van der Waals surface area contributed by atoms with Crippen LogP contribution >= 0.6 is 11.6 Å². The van der Waals surface area contributed by atoms with Gasteiger partial charge in [0.05, 0.1) is 11.1 Å². The molecule has 1 aliphatic carbocycles. The number of pyridine rings is 1. The van der Waals surface area contributed by atoms with Gasteiger partial charge in [-0.25, -0.2) is 0 Å². The quantitative estimate of drug-likeness (QED) is 0.822. The van der Waals surface area contributed by atoms with Gasteiger partial charge in [-0.05, 0) is 62.3 Å². The number of nitrogens with zero attached hydrogens (tertiary/aromatic N) is 2. The van der Waals surface area contributed by atoms with Crippen LogP contribution in [0.5, 0.6) is 0 Å². The summed E-state index contributed by atoms with van der Waals surface area (Å²) in [6.07, 6.45) is 4.92. The molecule has 0 bridgehead atoms. The maximum Gasteiger partial charge on any atom is 0.303 e. The first-order valence-corrected chi connectivity index (χ1v) is 10.0. The number of halogens is 1. The molecule has 1 atom stereocenters. The van der Waals surface area contributed by atoms with E-state index in [0.717, 1.165) is 42.3 Å². The average molecular weight is 387 g/mol. The second-order valence-corrected chi connectivity index (χ2v) is 8.16. The molecule has 4 rings (SSSR count). The highest BCUT2D eigenvalue weighted by atomic mass is 35.5. The Kier molecular flexibility index (Phi) is 5.04. The van der Waals surface area contributed by atoms with E-state index >= 15 is 0 Å². The first kappa shape index (κ1) is 18.2. The van der Waals surface area contributed by atoms with Crippen molar-refractivity contribution in [1.29, 1.82) is 0 Å². The average Bonchev–Trinajstić information content (AvgIpc) is 3.50. The van der Waals surface area contributed by atoms with E-state index in [-0.39, 0.29) is 18.2 Å². The molecule has 5 nitrogen and oxygen atoms in total. The number of likely N-dealkylation sites (tertiary alicyclic amines) is 1. The third-order valence-electron chi connectivity index (χ3n) is 5.59. The predicted molar refractivity (Wildman–Crippen MR) is 104 cm³/mol. The van der Waals surface area contributed by atoms with Gasteiger partial charge in [0.15, 0.2) is 0 Å². The Balaban J connectivity index is 1.63. The number of hydrogen-bond donors (Lipinski definition) is 1. The number of aromatic nitrogens is 1. The van der Waals surface area contributed by atoms with Crippen LogP contribution in [0.15, 0.2) is 24.3 Å². The molecular weight excluding hydrogens is 364 g/mol. The van der Waals surface area contributed by atoms with Crippen LogP contribution in [-0.4, -0.2) is 40.0 Å². The molecular formula is C21H23ClN2O3. The summed E-state index contributed by atoms with van der Waals surface area (Å²) in [7, 11) is 0. The van der Waals surface area contributed by atoms with Crippen molar-refractivity contribution in [2.24, 2.45) is 5.92 Å². The molecule has 2 aromatic rings. The molecule has 1 saturated carbocycles. The molecule has 1 aliphatic heterocycles. The summed E-state index contributed by atoms with van der Waals surface area (Å²) in [5.74, 6) is -0.0615. The monoisotopic (exact) mass is 386 g/mol. The summed E-state index contributed by atoms with van der Waals surface area (Å²) >= 11 is 6.18. The molecule has 6 heteroatoms. The number of rotatable bonds is 5. The lowest BCUT2D eigenvalue weighted by molar-refractivity contribution is -0.137. The molecule has 1 aromatic heterocycles. The summed E-state index contributed by atoms with van der Waals surface area (Å²) in [5.41, 5.74) is 2.47. The van der Waals surface area contributed by atoms with Gasteiger partial charge >= 0.3 is 5.97 Å². The van der Waals surface area contributed by atoms with Gasteiger partial charge in [-0.1, -0.05) is 11.6 Å². The van der Waals surface area contributed by atoms with Crippen molar-refractivity contribution in [3.63, 3.8) is 0 Å². The topological polar surface area (TPSA) is 70.5 Å². The first-order chi connectivity index (χ1) is 13.0. The maximum absolute atomic E-state index is 13.3. The minimum atomic E-state index is -0.776. The van der Waals surface area contributed by atoms with Crippen LogP contribution in [0, 0.1) is 5.92 Å². The maximum atomic E-state index is 13.3. The van der Waals surface area contributed by atoms with E-state index in [1.165, 1.54) is 0 Å². The lowest BCUT2D eigenvalue weighted by Crippen LogP contribution is -2.40. The molecule has 1 amide bonds. The van der Waals surface area contributed by atoms with Crippen molar-refractivity contribution in [2.75, 3.05) is 13.1 Å². The van der Waals surface area contributed by atoms with Crippen molar-refractivity contribution in [1.82, 2.24) is 9.88 Å². The number of aliphatic carboxylic acids is 1. The summed E-state index contributed by atoms with van der Waals surface area (Å²) in [6, 6.07) is 7.45. The lowest BCUT2D eigenvalue weighted by atomic mass is 9.92. The number of hydrogen-bond acceptors (Lipinski definition) is 3. The van der Waals surface area contributed by atoms with E-state index in [9.17, 15) is 9.59 Å². The number of benzene rings is 1. The summed E-state index contributed by atoms with van der Waals surface area (Å²) in [6.45, 7) is 1.33. The van der Waals surface area contributed by atoms with Gasteiger partial charge in [0.25, 0.3) is 5.91 Å². The Bertz CT molecular complexity index is 894. The number of piperidine rings is 1. The van der Waals surface area contributed by atoms with Crippen molar-refractivity contribution < 1.29 is 14.7 Å². The van der Waals surface area contributed by atoms with Crippen LogP contribution in [0.25, 0.3) is 10.9 Å². The summed E-state index contributed by atoms with van der Waals surface area (Å²) < 4.78 is 0. The van der Waals surface area contributed by atoms with Gasteiger partial charge < -0.3 is 10.0 Å². The zero-order chi connectivity index (χ0) is 19.0. The summed E-state index contributed by atoms with van der Waals surface area (Å²) in [4.78, 5) is 30.8.